The highest BCUT2D eigenvalue weighted by Gasteiger charge is 2.18. The van der Waals surface area contributed by atoms with Gasteiger partial charge in [-0.1, -0.05) is 32.4 Å². The first-order valence-electron chi connectivity index (χ1n) is 7.52. The van der Waals surface area contributed by atoms with Crippen LogP contribution in [0.1, 0.15) is 38.0 Å². The topological polar surface area (TPSA) is 51.0 Å². The maximum absolute atomic E-state index is 6.28. The number of hydrogen-bond acceptors (Lipinski definition) is 5. The summed E-state index contributed by atoms with van der Waals surface area (Å²) in [5.74, 6) is 1.42. The molecule has 0 radical (unpaired) electrons. The first kappa shape index (κ1) is 16.7. The van der Waals surface area contributed by atoms with Crippen LogP contribution >= 0.6 is 22.9 Å². The van der Waals surface area contributed by atoms with E-state index >= 15 is 0 Å². The minimum absolute atomic E-state index is 0.0612. The van der Waals surface area contributed by atoms with E-state index < -0.39 is 0 Å². The first-order chi connectivity index (χ1) is 11.4. The average molecular weight is 360 g/mol. The highest BCUT2D eigenvalue weighted by Crippen LogP contribution is 2.27. The van der Waals surface area contributed by atoms with Crippen LogP contribution in [0, 0.1) is 0 Å². The molecule has 3 aromatic rings. The van der Waals surface area contributed by atoms with Crippen molar-refractivity contribution in [3.05, 3.63) is 58.2 Å². The zero-order valence-electron chi connectivity index (χ0n) is 13.7. The molecular weight excluding hydrogens is 342 g/mol. The van der Waals surface area contributed by atoms with Gasteiger partial charge in [0.15, 0.2) is 5.13 Å². The van der Waals surface area contributed by atoms with Gasteiger partial charge in [-0.2, -0.15) is 0 Å². The lowest BCUT2D eigenvalue weighted by Crippen LogP contribution is -2.09. The van der Waals surface area contributed by atoms with E-state index in [4.69, 9.17) is 16.0 Å². The van der Waals surface area contributed by atoms with Crippen molar-refractivity contribution in [1.29, 1.82) is 0 Å². The third kappa shape index (κ3) is 4.04. The number of halogens is 1. The van der Waals surface area contributed by atoms with Gasteiger partial charge in [-0.25, -0.2) is 9.97 Å². The van der Waals surface area contributed by atoms with Crippen molar-refractivity contribution in [2.24, 2.45) is 0 Å². The van der Waals surface area contributed by atoms with Crippen LogP contribution in [-0.2, 0) is 5.41 Å². The number of thiazole rings is 1. The van der Waals surface area contributed by atoms with Crippen molar-refractivity contribution in [2.45, 2.75) is 26.2 Å². The van der Waals surface area contributed by atoms with Gasteiger partial charge in [-0.15, -0.1) is 11.3 Å². The summed E-state index contributed by atoms with van der Waals surface area (Å²) in [6.07, 6.45) is 7.25. The summed E-state index contributed by atoms with van der Waals surface area (Å²) < 4.78 is 5.76. The van der Waals surface area contributed by atoms with Gasteiger partial charge in [-0.3, -0.25) is 0 Å². The van der Waals surface area contributed by atoms with Crippen molar-refractivity contribution >= 4 is 45.9 Å². The van der Waals surface area contributed by atoms with Gasteiger partial charge in [0.2, 0.25) is 5.89 Å². The second kappa shape index (κ2) is 6.79. The number of nitrogens with one attached hydrogen (secondary N) is 1. The van der Waals surface area contributed by atoms with Crippen LogP contribution in [0.2, 0.25) is 5.02 Å². The minimum atomic E-state index is -0.0612. The van der Waals surface area contributed by atoms with Gasteiger partial charge in [0.05, 0.1) is 6.20 Å². The summed E-state index contributed by atoms with van der Waals surface area (Å²) >= 11 is 7.82. The predicted octanol–water partition coefficient (Wildman–Crippen LogP) is 6.00. The zero-order chi connectivity index (χ0) is 17.2. The fraction of sp³-hybridized carbons (Fsp3) is 0.222. The van der Waals surface area contributed by atoms with E-state index in [9.17, 15) is 0 Å². The van der Waals surface area contributed by atoms with E-state index in [0.717, 1.165) is 22.1 Å². The quantitative estimate of drug-likeness (QED) is 0.621. The van der Waals surface area contributed by atoms with Crippen LogP contribution in [0.5, 0.6) is 0 Å². The number of nitrogens with zero attached hydrogens (tertiary/aromatic N) is 2. The van der Waals surface area contributed by atoms with E-state index in [1.807, 2.05) is 35.7 Å². The molecule has 0 aliphatic heterocycles. The molecular formula is C18H18ClN3OS. The Bertz CT molecular complexity index is 848. The Morgan fingerprint density at radius 1 is 1.21 bits per heavy atom. The van der Waals surface area contributed by atoms with Crippen LogP contribution in [0.4, 0.5) is 10.8 Å². The van der Waals surface area contributed by atoms with Crippen LogP contribution in [0.15, 0.2) is 40.4 Å². The van der Waals surface area contributed by atoms with Crippen LogP contribution < -0.4 is 5.32 Å². The molecule has 2 heterocycles. The number of hydrogen-bond donors (Lipinski definition) is 1. The van der Waals surface area contributed by atoms with E-state index in [0.29, 0.717) is 10.9 Å². The summed E-state index contributed by atoms with van der Waals surface area (Å²) in [6.45, 7) is 6.27. The number of benzene rings is 1. The molecule has 0 unspecified atom stereocenters. The first-order valence-corrected chi connectivity index (χ1v) is 8.78. The molecule has 0 aliphatic rings. The molecule has 1 N–H and O–H groups in total. The van der Waals surface area contributed by atoms with Crippen molar-refractivity contribution in [3.63, 3.8) is 0 Å². The Hall–Kier alpha value is -2.11. The lowest BCUT2D eigenvalue weighted by atomic mass is 9.94. The normalized spacial score (nSPS) is 12.0. The molecule has 4 nitrogen and oxygen atoms in total. The van der Waals surface area contributed by atoms with Gasteiger partial charge >= 0.3 is 0 Å². The summed E-state index contributed by atoms with van der Waals surface area (Å²) in [5.41, 5.74) is 1.75. The fourth-order valence-corrected chi connectivity index (χ4v) is 2.76. The van der Waals surface area contributed by atoms with Crippen LogP contribution in [-0.4, -0.2) is 9.97 Å². The molecule has 0 fully saturated rings. The standard InChI is InChI=1S/C18H18ClN3OS/c1-18(2,3)15-11-21-16(23-15)7-4-12-10-13(5-6-14(12)19)22-17-20-8-9-24-17/h4-11H,1-3H3,(H,20,22). The molecule has 0 bridgehead atoms. The summed E-state index contributed by atoms with van der Waals surface area (Å²) in [4.78, 5) is 8.50. The highest BCUT2D eigenvalue weighted by molar-refractivity contribution is 7.13. The third-order valence-corrected chi connectivity index (χ3v) is 4.38. The largest absolute Gasteiger partial charge is 0.441 e. The van der Waals surface area contributed by atoms with Crippen molar-refractivity contribution < 1.29 is 4.42 Å². The summed E-state index contributed by atoms with van der Waals surface area (Å²) in [5, 5.41) is 6.68. The molecule has 2 aromatic heterocycles. The lowest BCUT2D eigenvalue weighted by Gasteiger charge is -2.12. The molecule has 124 valence electrons. The smallest absolute Gasteiger partial charge is 0.218 e. The van der Waals surface area contributed by atoms with E-state index in [2.05, 4.69) is 36.1 Å². The molecule has 0 amide bonds. The van der Waals surface area contributed by atoms with Gasteiger partial charge in [0.1, 0.15) is 5.76 Å². The fourth-order valence-electron chi connectivity index (χ4n) is 2.03. The molecule has 24 heavy (non-hydrogen) atoms. The Kier molecular flexibility index (Phi) is 4.73. The van der Waals surface area contributed by atoms with E-state index in [1.165, 1.54) is 0 Å². The molecule has 3 rings (SSSR count). The maximum atomic E-state index is 6.28. The second-order valence-corrected chi connectivity index (χ2v) is 7.65. The molecule has 6 heteroatoms. The number of aromatic nitrogens is 2. The molecule has 0 aliphatic carbocycles. The summed E-state index contributed by atoms with van der Waals surface area (Å²) in [7, 11) is 0. The highest BCUT2D eigenvalue weighted by atomic mass is 35.5. The third-order valence-electron chi connectivity index (χ3n) is 3.35. The number of oxazole rings is 1. The Labute approximate surface area is 150 Å². The summed E-state index contributed by atoms with van der Waals surface area (Å²) in [6, 6.07) is 5.74. The average Bonchev–Trinajstić information content (AvgIpc) is 3.18. The van der Waals surface area contributed by atoms with E-state index in [1.54, 1.807) is 23.7 Å². The number of anilines is 2. The van der Waals surface area contributed by atoms with Crippen molar-refractivity contribution in [1.82, 2.24) is 9.97 Å². The molecule has 1 aromatic carbocycles. The second-order valence-electron chi connectivity index (χ2n) is 6.34. The van der Waals surface area contributed by atoms with Gasteiger partial charge in [-0.05, 0) is 29.8 Å². The monoisotopic (exact) mass is 359 g/mol. The minimum Gasteiger partial charge on any atom is -0.441 e. The number of rotatable bonds is 4. The Morgan fingerprint density at radius 2 is 2.04 bits per heavy atom. The molecule has 0 spiro atoms. The Balaban J connectivity index is 1.80. The van der Waals surface area contributed by atoms with Crippen molar-refractivity contribution in [3.8, 4) is 0 Å². The SMILES string of the molecule is CC(C)(C)c1cnc(C=Cc2cc(Nc3nccs3)ccc2Cl)o1. The maximum Gasteiger partial charge on any atom is 0.218 e. The molecule has 0 saturated carbocycles. The lowest BCUT2D eigenvalue weighted by molar-refractivity contribution is 0.403. The van der Waals surface area contributed by atoms with Gasteiger partial charge < -0.3 is 9.73 Å². The Morgan fingerprint density at radius 3 is 2.71 bits per heavy atom. The zero-order valence-corrected chi connectivity index (χ0v) is 15.3. The van der Waals surface area contributed by atoms with Crippen LogP contribution in [0.25, 0.3) is 12.2 Å². The van der Waals surface area contributed by atoms with Crippen molar-refractivity contribution in [2.75, 3.05) is 5.32 Å². The van der Waals surface area contributed by atoms with E-state index in [-0.39, 0.29) is 5.41 Å². The molecule has 0 saturated heterocycles. The molecule has 0 atom stereocenters. The van der Waals surface area contributed by atoms with Gasteiger partial charge in [0, 0.05) is 33.8 Å². The predicted molar refractivity (Wildman–Crippen MR) is 101 cm³/mol. The van der Waals surface area contributed by atoms with Gasteiger partial charge in [0.25, 0.3) is 0 Å². The van der Waals surface area contributed by atoms with Crippen LogP contribution in [0.3, 0.4) is 0 Å².